The molecule has 0 saturated carbocycles. The van der Waals surface area contributed by atoms with Crippen LogP contribution < -0.4 is 5.73 Å². The molecule has 0 aliphatic carbocycles. The van der Waals surface area contributed by atoms with Crippen molar-refractivity contribution < 1.29 is 0 Å². The summed E-state index contributed by atoms with van der Waals surface area (Å²) in [7, 11) is 5.72. The molecule has 0 fully saturated rings. The SMILES string of the molecule is Cc1cc(C)n(-c2cc(Cc3nn(C)cc3C)ncn2)n1.Cc1cc(C)n(-c2cc(Cl)ncn2)n1.Cc1cn(C)nc1N.[C-]#[N+]c1ccc(-c2c(C)c(Cc3cc(-n4nc(C)cc4C)ncn3)nn2C)cc1.[C-]#[N+]c1ccc(Br)cc1. The van der Waals surface area contributed by atoms with Crippen LogP contribution in [0.3, 0.4) is 0 Å². The lowest BCUT2D eigenvalue weighted by atomic mass is 10.0. The Bertz CT molecular complexity index is 3970. The number of nitrogens with zero attached hydrogens (tertiary/aromatic N) is 20. The van der Waals surface area contributed by atoms with E-state index >= 15 is 0 Å². The van der Waals surface area contributed by atoms with Crippen LogP contribution in [0.5, 0.6) is 0 Å². The van der Waals surface area contributed by atoms with Crippen molar-refractivity contribution in [3.63, 3.8) is 0 Å². The third-order valence-corrected chi connectivity index (χ3v) is 12.9. The molecule has 0 aliphatic rings. The third kappa shape index (κ3) is 15.8. The van der Waals surface area contributed by atoms with Crippen molar-refractivity contribution >= 4 is 44.7 Å². The molecule has 11 rings (SSSR count). The first-order valence-corrected chi connectivity index (χ1v) is 26.4. The Labute approximate surface area is 484 Å². The Morgan fingerprint density at radius 2 is 0.938 bits per heavy atom. The van der Waals surface area contributed by atoms with E-state index in [4.69, 9.17) is 35.6 Å². The molecule has 9 aromatic heterocycles. The summed E-state index contributed by atoms with van der Waals surface area (Å²) in [6, 6.07) is 26.5. The van der Waals surface area contributed by atoms with Gasteiger partial charge in [-0.3, -0.25) is 14.0 Å². The number of halogens is 2. The van der Waals surface area contributed by atoms with E-state index in [1.807, 2.05) is 167 Å². The molecule has 0 amide bonds. The van der Waals surface area contributed by atoms with E-state index in [0.717, 1.165) is 95.4 Å². The summed E-state index contributed by atoms with van der Waals surface area (Å²) in [6.45, 7) is 31.7. The van der Waals surface area contributed by atoms with Crippen LogP contribution in [0.1, 0.15) is 73.6 Å². The first kappa shape index (κ1) is 59.2. The molecule has 0 saturated heterocycles. The predicted octanol–water partition coefficient (Wildman–Crippen LogP) is 11.3. The van der Waals surface area contributed by atoms with Gasteiger partial charge in [0.25, 0.3) is 0 Å². The first-order valence-electron chi connectivity index (χ1n) is 25.3. The summed E-state index contributed by atoms with van der Waals surface area (Å²) in [4.78, 5) is 32.1. The number of anilines is 1. The molecule has 2 aromatic carbocycles. The van der Waals surface area contributed by atoms with Crippen molar-refractivity contribution in [3.8, 4) is 28.7 Å². The molecule has 0 radical (unpaired) electrons. The minimum Gasteiger partial charge on any atom is -0.382 e. The number of rotatable bonds is 8. The highest BCUT2D eigenvalue weighted by atomic mass is 79.9. The lowest BCUT2D eigenvalue weighted by Gasteiger charge is -2.06. The molecule has 0 atom stereocenters. The van der Waals surface area contributed by atoms with Gasteiger partial charge in [-0.15, -0.1) is 0 Å². The molecule has 0 unspecified atom stereocenters. The number of hydrogen-bond acceptors (Lipinski definition) is 13. The number of benzene rings is 2. The standard InChI is InChI=1S/C22H21N7.C15H18N6.C9H9ClN4.C7H4BrN.C5H9N3/c1-14-10-15(2)29(26-14)21-12-19(24-13-25-21)11-20-16(3)22(28(5)27-20)17-6-8-18(23-4)9-7-17;1-10-8-20(4)19-14(10)6-13-7-15(17-9-16-13)21-12(3)5-11(2)18-21;1-6-3-7(2)14(13-6)9-4-8(10)11-5-12-9;1-9-7-4-2-6(8)3-5-7;1-4-3-8(2)7-5(4)6/h6-10,12-13H,11H2,1-3,5H3;5,7-9H,6H2,1-4H3;3-5H,1-2H3;2-5H;3H,1-2H3,(H2,6,7). The zero-order valence-electron chi connectivity index (χ0n) is 47.2. The van der Waals surface area contributed by atoms with Gasteiger partial charge in [0, 0.05) is 91.7 Å². The quantitative estimate of drug-likeness (QED) is 0.111. The van der Waals surface area contributed by atoms with Gasteiger partial charge in [-0.05, 0) is 97.2 Å². The summed E-state index contributed by atoms with van der Waals surface area (Å²) in [5.74, 6) is 2.85. The molecule has 2 N–H and O–H groups in total. The summed E-state index contributed by atoms with van der Waals surface area (Å²) >= 11 is 9.03. The van der Waals surface area contributed by atoms with E-state index in [2.05, 4.69) is 94.9 Å². The zero-order chi connectivity index (χ0) is 58.5. The summed E-state index contributed by atoms with van der Waals surface area (Å²) in [5.41, 5.74) is 22.0. The predicted molar refractivity (Wildman–Crippen MR) is 317 cm³/mol. The van der Waals surface area contributed by atoms with Crippen LogP contribution in [0.2, 0.25) is 5.15 Å². The topological polar surface area (TPSA) is 219 Å². The second-order valence-corrected chi connectivity index (χ2v) is 20.2. The Morgan fingerprint density at radius 3 is 1.32 bits per heavy atom. The van der Waals surface area contributed by atoms with E-state index in [1.54, 1.807) is 40.2 Å². The fourth-order valence-corrected chi connectivity index (χ4v) is 8.89. The van der Waals surface area contributed by atoms with Gasteiger partial charge in [0.15, 0.2) is 28.8 Å². The molecule has 412 valence electrons. The minimum atomic E-state index is 0.419. The van der Waals surface area contributed by atoms with Gasteiger partial charge in [0.2, 0.25) is 0 Å². The molecule has 11 aromatic rings. The third-order valence-electron chi connectivity index (χ3n) is 12.2. The van der Waals surface area contributed by atoms with Crippen molar-refractivity contribution in [2.75, 3.05) is 5.73 Å². The summed E-state index contributed by atoms with van der Waals surface area (Å²) in [6.07, 6.45) is 9.78. The molecular formula is C58H61BrClN21. The maximum atomic E-state index is 7.12. The molecule has 9 heterocycles. The maximum Gasteiger partial charge on any atom is 0.187 e. The van der Waals surface area contributed by atoms with Crippen molar-refractivity contribution in [1.82, 2.24) is 88.6 Å². The van der Waals surface area contributed by atoms with E-state index in [-0.39, 0.29) is 0 Å². The second-order valence-electron chi connectivity index (χ2n) is 18.9. The Morgan fingerprint density at radius 1 is 0.506 bits per heavy atom. The van der Waals surface area contributed by atoms with Crippen molar-refractivity contribution in [3.05, 3.63) is 222 Å². The van der Waals surface area contributed by atoms with Gasteiger partial charge in [0.05, 0.1) is 58.7 Å². The number of nitrogen functional groups attached to an aromatic ring is 1. The number of hydrogen-bond donors (Lipinski definition) is 1. The average Bonchev–Trinajstić information content (AvgIpc) is 4.30. The minimum absolute atomic E-state index is 0.419. The molecule has 0 bridgehead atoms. The second kappa shape index (κ2) is 26.9. The molecular weight excluding hydrogens is 1110 g/mol. The van der Waals surface area contributed by atoms with Gasteiger partial charge in [-0.25, -0.2) is 53.6 Å². The van der Waals surface area contributed by atoms with Crippen LogP contribution in [0.15, 0.2) is 121 Å². The van der Waals surface area contributed by atoms with Crippen LogP contribution >= 0.6 is 27.5 Å². The van der Waals surface area contributed by atoms with Gasteiger partial charge in [-0.2, -0.15) is 30.6 Å². The lowest BCUT2D eigenvalue weighted by Crippen LogP contribution is -2.05. The van der Waals surface area contributed by atoms with Gasteiger partial charge in [0.1, 0.15) is 30.0 Å². The Hall–Kier alpha value is -9.51. The molecule has 81 heavy (non-hydrogen) atoms. The van der Waals surface area contributed by atoms with E-state index < -0.39 is 0 Å². The molecule has 0 aliphatic heterocycles. The van der Waals surface area contributed by atoms with Crippen LogP contribution in [-0.4, -0.2) is 88.6 Å². The van der Waals surface area contributed by atoms with E-state index in [0.29, 0.717) is 41.0 Å². The maximum absolute atomic E-state index is 7.12. The summed E-state index contributed by atoms with van der Waals surface area (Å²) < 4.78 is 11.8. The molecule has 0 spiro atoms. The zero-order valence-corrected chi connectivity index (χ0v) is 49.5. The number of nitrogens with two attached hydrogens (primary N) is 1. The van der Waals surface area contributed by atoms with Gasteiger partial charge in [-0.1, -0.05) is 76.1 Å². The normalized spacial score (nSPS) is 10.5. The first-order chi connectivity index (χ1) is 38.7. The highest BCUT2D eigenvalue weighted by Crippen LogP contribution is 2.28. The highest BCUT2D eigenvalue weighted by Gasteiger charge is 2.17. The van der Waals surface area contributed by atoms with Crippen molar-refractivity contribution in [2.24, 2.45) is 21.1 Å². The van der Waals surface area contributed by atoms with E-state index in [1.165, 1.54) is 11.9 Å². The van der Waals surface area contributed by atoms with Gasteiger partial charge < -0.3 is 5.73 Å². The fourth-order valence-electron chi connectivity index (χ4n) is 8.48. The Kier molecular flexibility index (Phi) is 19.6. The van der Waals surface area contributed by atoms with Crippen LogP contribution in [0, 0.1) is 75.5 Å². The number of aromatic nitrogens is 18. The molecule has 21 nitrogen and oxygen atoms in total. The largest absolute Gasteiger partial charge is 0.382 e. The smallest absolute Gasteiger partial charge is 0.187 e. The van der Waals surface area contributed by atoms with Crippen LogP contribution in [0.4, 0.5) is 17.2 Å². The van der Waals surface area contributed by atoms with Crippen molar-refractivity contribution in [2.45, 2.75) is 75.2 Å². The monoisotopic (exact) mass is 1170 g/mol. The van der Waals surface area contributed by atoms with Gasteiger partial charge >= 0.3 is 0 Å². The van der Waals surface area contributed by atoms with Crippen molar-refractivity contribution in [1.29, 1.82) is 0 Å². The Balaban J connectivity index is 0.000000158. The average molecular weight is 1170 g/mol. The molecule has 23 heteroatoms. The number of aryl methyl sites for hydroxylation is 11. The highest BCUT2D eigenvalue weighted by molar-refractivity contribution is 9.10. The van der Waals surface area contributed by atoms with E-state index in [9.17, 15) is 0 Å². The lowest BCUT2D eigenvalue weighted by molar-refractivity contribution is 0.745. The van der Waals surface area contributed by atoms with Crippen LogP contribution in [-0.2, 0) is 34.0 Å². The fraction of sp³-hybridized carbons (Fsp3) is 0.241. The van der Waals surface area contributed by atoms with Crippen LogP contribution in [0.25, 0.3) is 38.4 Å². The summed E-state index contributed by atoms with van der Waals surface area (Å²) in [5, 5.41) is 26.8.